The number of carboxylic acid groups (broad SMARTS) is 1. The fourth-order valence-electron chi connectivity index (χ4n) is 4.59. The molecule has 0 radical (unpaired) electrons. The normalized spacial score (nSPS) is 11.1. The fraction of sp³-hybridized carbons (Fsp3) is 0.738. The lowest BCUT2D eigenvalue weighted by Gasteiger charge is -2.00. The minimum Gasteiger partial charge on any atom is -0.481 e. The van der Waals surface area contributed by atoms with E-state index in [0.717, 1.165) is 32.6 Å². The average Bonchev–Trinajstić information content (AvgIpc) is 3.04. The van der Waals surface area contributed by atoms with E-state index in [4.69, 9.17) is 19.4 Å². The number of aliphatic carboxylic acids is 1. The van der Waals surface area contributed by atoms with E-state index in [1.807, 2.05) is 0 Å². The van der Waals surface area contributed by atoms with Crippen molar-refractivity contribution in [1.29, 1.82) is 0 Å². The van der Waals surface area contributed by atoms with E-state index >= 15 is 0 Å². The van der Waals surface area contributed by atoms with Crippen molar-refractivity contribution < 1.29 is 29.0 Å². The molecular formula is C42H76O6. The molecule has 6 heteroatoms. The van der Waals surface area contributed by atoms with Gasteiger partial charge in [0.05, 0.1) is 13.2 Å². The van der Waals surface area contributed by atoms with E-state index in [0.29, 0.717) is 13.2 Å². The van der Waals surface area contributed by atoms with Gasteiger partial charge in [-0.3, -0.25) is 14.4 Å². The lowest BCUT2D eigenvalue weighted by Crippen LogP contribution is -1.98. The number of esters is 2. The number of unbranched alkanes of at least 4 members (excludes halogenated alkanes) is 18. The SMILES string of the molecule is CC(=O)O.CCCC/C=C/CCCCCCCC/C=C\CCOC(C)=O.CCCC/C=C\CCCCCCCC/C=C/CCOC(C)=O. The quantitative estimate of drug-likeness (QED) is 0.0462. The highest BCUT2D eigenvalue weighted by Gasteiger charge is 1.93. The molecule has 0 fully saturated rings. The Labute approximate surface area is 296 Å². The zero-order chi connectivity index (χ0) is 36.2. The summed E-state index contributed by atoms with van der Waals surface area (Å²) >= 11 is 0. The van der Waals surface area contributed by atoms with Gasteiger partial charge in [0, 0.05) is 20.8 Å². The maximum Gasteiger partial charge on any atom is 0.302 e. The average molecular weight is 677 g/mol. The number of carboxylic acids is 1. The Morgan fingerprint density at radius 1 is 0.396 bits per heavy atom. The minimum atomic E-state index is -0.833. The van der Waals surface area contributed by atoms with Crippen LogP contribution in [0.25, 0.3) is 0 Å². The fourth-order valence-corrected chi connectivity index (χ4v) is 4.59. The van der Waals surface area contributed by atoms with Crippen molar-refractivity contribution in [2.24, 2.45) is 0 Å². The Morgan fingerprint density at radius 2 is 0.604 bits per heavy atom. The molecule has 0 spiro atoms. The van der Waals surface area contributed by atoms with Crippen LogP contribution < -0.4 is 0 Å². The Hall–Kier alpha value is -2.63. The third-order valence-electron chi connectivity index (χ3n) is 7.28. The van der Waals surface area contributed by atoms with Gasteiger partial charge in [0.2, 0.25) is 0 Å². The number of carbonyl (C=O) groups excluding carboxylic acids is 2. The van der Waals surface area contributed by atoms with Crippen molar-refractivity contribution in [1.82, 2.24) is 0 Å². The number of allylic oxidation sites excluding steroid dienone is 6. The largest absolute Gasteiger partial charge is 0.481 e. The van der Waals surface area contributed by atoms with E-state index in [2.05, 4.69) is 62.5 Å². The van der Waals surface area contributed by atoms with Gasteiger partial charge < -0.3 is 14.6 Å². The molecule has 0 aliphatic carbocycles. The molecule has 6 nitrogen and oxygen atoms in total. The third kappa shape index (κ3) is 62.2. The maximum absolute atomic E-state index is 10.6. The molecule has 0 saturated heterocycles. The van der Waals surface area contributed by atoms with Crippen LogP contribution in [0.1, 0.15) is 189 Å². The van der Waals surface area contributed by atoms with Crippen LogP contribution in [0.5, 0.6) is 0 Å². The van der Waals surface area contributed by atoms with Crippen LogP contribution in [0.15, 0.2) is 48.6 Å². The summed E-state index contributed by atoms with van der Waals surface area (Å²) in [5, 5.41) is 7.42. The molecule has 0 aliphatic heterocycles. The highest BCUT2D eigenvalue weighted by atomic mass is 16.5. The summed E-state index contributed by atoms with van der Waals surface area (Å²) in [5.41, 5.74) is 0. The van der Waals surface area contributed by atoms with Gasteiger partial charge in [-0.2, -0.15) is 0 Å². The first-order valence-corrected chi connectivity index (χ1v) is 19.3. The number of carbonyl (C=O) groups is 3. The summed E-state index contributed by atoms with van der Waals surface area (Å²) in [6, 6.07) is 0. The molecule has 48 heavy (non-hydrogen) atoms. The molecule has 0 saturated carbocycles. The first-order chi connectivity index (χ1) is 23.3. The Balaban J connectivity index is -0.000000758. The Kier molecular flexibility index (Phi) is 48.2. The smallest absolute Gasteiger partial charge is 0.302 e. The van der Waals surface area contributed by atoms with Crippen molar-refractivity contribution in [2.45, 2.75) is 189 Å². The van der Waals surface area contributed by atoms with E-state index < -0.39 is 5.97 Å². The van der Waals surface area contributed by atoms with Crippen molar-refractivity contribution >= 4 is 17.9 Å². The zero-order valence-electron chi connectivity index (χ0n) is 32.0. The van der Waals surface area contributed by atoms with Gasteiger partial charge in [-0.15, -0.1) is 0 Å². The molecular weight excluding hydrogens is 600 g/mol. The molecule has 0 aliphatic rings. The molecule has 0 amide bonds. The van der Waals surface area contributed by atoms with Gasteiger partial charge in [-0.05, 0) is 77.0 Å². The highest BCUT2D eigenvalue weighted by Crippen LogP contribution is 2.11. The second kappa shape index (κ2) is 46.5. The molecule has 0 rings (SSSR count). The number of rotatable bonds is 30. The first kappa shape index (κ1) is 49.8. The molecule has 0 bridgehead atoms. The number of hydrogen-bond acceptors (Lipinski definition) is 5. The van der Waals surface area contributed by atoms with Crippen LogP contribution in [0, 0.1) is 0 Å². The zero-order valence-corrected chi connectivity index (χ0v) is 32.0. The standard InChI is InChI=1S/2C20H36O2.C2H4O2/c2*1-3-4-5-6-7-8-9-10-11-12-13-14-15-16-17-18-19-22-20(2)21;1-2(3)4/h2*6-7,16-17H,3-5,8-15,18-19H2,1-2H3;1H3,(H,3,4)/b7-6+,17-16-;7-6-,17-16+;. The number of hydrogen-bond donors (Lipinski definition) is 1. The minimum absolute atomic E-state index is 0.190. The van der Waals surface area contributed by atoms with Crippen LogP contribution in [-0.2, 0) is 23.9 Å². The van der Waals surface area contributed by atoms with Crippen molar-refractivity contribution in [3.63, 3.8) is 0 Å². The van der Waals surface area contributed by atoms with E-state index in [9.17, 15) is 9.59 Å². The van der Waals surface area contributed by atoms with Gasteiger partial charge in [0.15, 0.2) is 0 Å². The lowest BCUT2D eigenvalue weighted by atomic mass is 10.1. The van der Waals surface area contributed by atoms with E-state index in [-0.39, 0.29) is 11.9 Å². The van der Waals surface area contributed by atoms with Gasteiger partial charge in [-0.25, -0.2) is 0 Å². The van der Waals surface area contributed by atoms with Gasteiger partial charge in [-0.1, -0.05) is 140 Å². The summed E-state index contributed by atoms with van der Waals surface area (Å²) in [7, 11) is 0. The topological polar surface area (TPSA) is 89.9 Å². The van der Waals surface area contributed by atoms with Crippen LogP contribution in [0.4, 0.5) is 0 Å². The van der Waals surface area contributed by atoms with Crippen LogP contribution in [0.2, 0.25) is 0 Å². The monoisotopic (exact) mass is 677 g/mol. The summed E-state index contributed by atoms with van der Waals surface area (Å²) in [5.74, 6) is -1.21. The van der Waals surface area contributed by atoms with E-state index in [1.165, 1.54) is 142 Å². The predicted molar refractivity (Wildman–Crippen MR) is 205 cm³/mol. The molecule has 0 aromatic heterocycles. The molecule has 0 aromatic rings. The molecule has 0 unspecified atom stereocenters. The highest BCUT2D eigenvalue weighted by molar-refractivity contribution is 5.66. The molecule has 0 heterocycles. The van der Waals surface area contributed by atoms with Crippen LogP contribution in [0.3, 0.4) is 0 Å². The third-order valence-corrected chi connectivity index (χ3v) is 7.28. The summed E-state index contributed by atoms with van der Waals surface area (Å²) in [6.45, 7) is 9.50. The summed E-state index contributed by atoms with van der Waals surface area (Å²) in [6.07, 6.45) is 48.5. The molecule has 0 aromatic carbocycles. The van der Waals surface area contributed by atoms with Crippen LogP contribution >= 0.6 is 0 Å². The second-order valence-electron chi connectivity index (χ2n) is 12.3. The summed E-state index contributed by atoms with van der Waals surface area (Å²) in [4.78, 5) is 30.1. The molecule has 1 N–H and O–H groups in total. The lowest BCUT2D eigenvalue weighted by molar-refractivity contribution is -0.141. The first-order valence-electron chi connectivity index (χ1n) is 19.3. The summed E-state index contributed by atoms with van der Waals surface area (Å²) < 4.78 is 9.73. The Bertz CT molecular complexity index is 732. The maximum atomic E-state index is 10.6. The van der Waals surface area contributed by atoms with Gasteiger partial charge in [0.25, 0.3) is 5.97 Å². The van der Waals surface area contributed by atoms with Gasteiger partial charge in [0.1, 0.15) is 0 Å². The van der Waals surface area contributed by atoms with E-state index in [1.54, 1.807) is 0 Å². The number of ether oxygens (including phenoxy) is 2. The second-order valence-corrected chi connectivity index (χ2v) is 12.3. The van der Waals surface area contributed by atoms with Crippen molar-refractivity contribution in [3.8, 4) is 0 Å². The Morgan fingerprint density at radius 3 is 0.833 bits per heavy atom. The van der Waals surface area contributed by atoms with Gasteiger partial charge >= 0.3 is 11.9 Å². The van der Waals surface area contributed by atoms with Crippen LogP contribution in [-0.4, -0.2) is 36.2 Å². The molecule has 0 atom stereocenters. The predicted octanol–water partition coefficient (Wildman–Crippen LogP) is 12.8. The van der Waals surface area contributed by atoms with Crippen molar-refractivity contribution in [2.75, 3.05) is 13.2 Å². The van der Waals surface area contributed by atoms with Crippen molar-refractivity contribution in [3.05, 3.63) is 48.6 Å². The molecule has 280 valence electrons.